The first-order valence-corrected chi connectivity index (χ1v) is 10.2. The van der Waals surface area contributed by atoms with E-state index in [0.29, 0.717) is 0 Å². The van der Waals surface area contributed by atoms with Gasteiger partial charge in [-0.15, -0.1) is 6.58 Å². The first kappa shape index (κ1) is 16.2. The number of ether oxygens (including phenoxy) is 3. The van der Waals surface area contributed by atoms with E-state index in [2.05, 4.69) is 40.4 Å². The van der Waals surface area contributed by atoms with Crippen LogP contribution in [0.3, 0.4) is 0 Å². The van der Waals surface area contributed by atoms with Crippen LogP contribution in [0.15, 0.2) is 12.7 Å². The van der Waals surface area contributed by atoms with Gasteiger partial charge in [0.05, 0.1) is 0 Å². The normalized spacial score (nSPS) is 37.0. The second kappa shape index (κ2) is 4.92. The van der Waals surface area contributed by atoms with Gasteiger partial charge in [-0.25, -0.2) is 0 Å². The van der Waals surface area contributed by atoms with Crippen LogP contribution >= 0.6 is 0 Å². The minimum atomic E-state index is -1.91. The molecule has 5 heteroatoms. The summed E-state index contributed by atoms with van der Waals surface area (Å²) in [5.74, 6) is -0.588. The SMILES string of the molecule is C=C[C@@H]1OC(O[Si](C)(C)C(C)(C)C)[C@H]2OC(C)(C)O[C@@H]12. The molecule has 2 aliphatic heterocycles. The van der Waals surface area contributed by atoms with Crippen LogP contribution in [-0.4, -0.2) is 38.7 Å². The van der Waals surface area contributed by atoms with Crippen LogP contribution in [0, 0.1) is 0 Å². The summed E-state index contributed by atoms with van der Waals surface area (Å²) in [5.41, 5.74) is 0. The fraction of sp³-hybridized carbons (Fsp3) is 0.867. The topological polar surface area (TPSA) is 36.9 Å². The lowest BCUT2D eigenvalue weighted by Gasteiger charge is -2.39. The molecular formula is C15H28O4Si. The molecule has 0 aliphatic carbocycles. The molecule has 4 nitrogen and oxygen atoms in total. The average Bonchev–Trinajstić information content (AvgIpc) is 2.71. The van der Waals surface area contributed by atoms with Crippen LogP contribution in [0.2, 0.25) is 18.1 Å². The molecule has 20 heavy (non-hydrogen) atoms. The summed E-state index contributed by atoms with van der Waals surface area (Å²) in [7, 11) is -1.91. The molecule has 0 N–H and O–H groups in total. The number of hydrogen-bond donors (Lipinski definition) is 0. The van der Waals surface area contributed by atoms with Crippen molar-refractivity contribution in [3.63, 3.8) is 0 Å². The molecule has 0 amide bonds. The zero-order chi connectivity index (χ0) is 15.3. The van der Waals surface area contributed by atoms with Crippen molar-refractivity contribution < 1.29 is 18.6 Å². The molecule has 116 valence electrons. The molecule has 2 rings (SSSR count). The van der Waals surface area contributed by atoms with Crippen molar-refractivity contribution >= 4 is 8.32 Å². The molecule has 2 heterocycles. The molecule has 0 aromatic carbocycles. The fourth-order valence-corrected chi connectivity index (χ4v) is 3.47. The van der Waals surface area contributed by atoms with E-state index in [1.807, 2.05) is 13.8 Å². The van der Waals surface area contributed by atoms with Crippen LogP contribution in [0.5, 0.6) is 0 Å². The zero-order valence-corrected chi connectivity index (χ0v) is 14.7. The molecule has 4 atom stereocenters. The third-order valence-corrected chi connectivity index (χ3v) is 8.93. The predicted molar refractivity (Wildman–Crippen MR) is 81.0 cm³/mol. The Morgan fingerprint density at radius 1 is 1.15 bits per heavy atom. The Bertz CT molecular complexity index is 386. The summed E-state index contributed by atoms with van der Waals surface area (Å²) in [5, 5.41) is 0.132. The van der Waals surface area contributed by atoms with Gasteiger partial charge >= 0.3 is 0 Å². The molecule has 1 unspecified atom stereocenters. The van der Waals surface area contributed by atoms with E-state index in [4.69, 9.17) is 18.6 Å². The van der Waals surface area contributed by atoms with Crippen molar-refractivity contribution in [1.82, 2.24) is 0 Å². The summed E-state index contributed by atoms with van der Waals surface area (Å²) in [4.78, 5) is 0. The maximum Gasteiger partial charge on any atom is 0.195 e. The summed E-state index contributed by atoms with van der Waals surface area (Å²) < 4.78 is 24.2. The molecule has 2 saturated heterocycles. The Morgan fingerprint density at radius 3 is 2.20 bits per heavy atom. The highest BCUT2D eigenvalue weighted by atomic mass is 28.4. The molecule has 0 bridgehead atoms. The smallest absolute Gasteiger partial charge is 0.195 e. The van der Waals surface area contributed by atoms with Gasteiger partial charge < -0.3 is 18.6 Å². The first-order chi connectivity index (χ1) is 8.97. The van der Waals surface area contributed by atoms with Crippen LogP contribution in [0.4, 0.5) is 0 Å². The summed E-state index contributed by atoms with van der Waals surface area (Å²) >= 11 is 0. The fourth-order valence-electron chi connectivity index (χ4n) is 2.34. The van der Waals surface area contributed by atoms with Crippen molar-refractivity contribution in [1.29, 1.82) is 0 Å². The van der Waals surface area contributed by atoms with Crippen molar-refractivity contribution in [3.8, 4) is 0 Å². The second-order valence-corrected chi connectivity index (χ2v) is 12.4. The second-order valence-electron chi connectivity index (χ2n) is 7.65. The summed E-state index contributed by atoms with van der Waals surface area (Å²) in [6, 6.07) is 0. The molecular weight excluding hydrogens is 272 g/mol. The van der Waals surface area contributed by atoms with E-state index in [0.717, 1.165) is 0 Å². The summed E-state index contributed by atoms with van der Waals surface area (Å²) in [6.45, 7) is 18.8. The highest BCUT2D eigenvalue weighted by molar-refractivity contribution is 6.74. The highest BCUT2D eigenvalue weighted by Gasteiger charge is 2.56. The maximum absolute atomic E-state index is 6.37. The van der Waals surface area contributed by atoms with Gasteiger partial charge in [0.1, 0.15) is 18.3 Å². The van der Waals surface area contributed by atoms with Crippen LogP contribution in [-0.2, 0) is 18.6 Å². The lowest BCUT2D eigenvalue weighted by atomic mass is 10.1. The average molecular weight is 300 g/mol. The number of rotatable bonds is 3. The zero-order valence-electron chi connectivity index (χ0n) is 13.7. The third-order valence-electron chi connectivity index (χ3n) is 4.50. The van der Waals surface area contributed by atoms with Gasteiger partial charge in [-0.05, 0) is 32.0 Å². The van der Waals surface area contributed by atoms with Gasteiger partial charge in [-0.1, -0.05) is 26.8 Å². The first-order valence-electron chi connectivity index (χ1n) is 7.28. The predicted octanol–water partition coefficient (Wildman–Crippen LogP) is 3.44. The highest BCUT2D eigenvalue weighted by Crippen LogP contribution is 2.43. The maximum atomic E-state index is 6.37. The quantitative estimate of drug-likeness (QED) is 0.591. The van der Waals surface area contributed by atoms with E-state index in [-0.39, 0.29) is 29.6 Å². The lowest BCUT2D eigenvalue weighted by molar-refractivity contribution is -0.210. The van der Waals surface area contributed by atoms with Crippen molar-refractivity contribution in [2.45, 2.75) is 83.1 Å². The van der Waals surface area contributed by atoms with E-state index < -0.39 is 14.1 Å². The summed E-state index contributed by atoms with van der Waals surface area (Å²) in [6.07, 6.45) is 0.929. The van der Waals surface area contributed by atoms with Crippen molar-refractivity contribution in [2.24, 2.45) is 0 Å². The van der Waals surface area contributed by atoms with Gasteiger partial charge in [-0.2, -0.15) is 0 Å². The van der Waals surface area contributed by atoms with Crippen molar-refractivity contribution in [3.05, 3.63) is 12.7 Å². The minimum Gasteiger partial charge on any atom is -0.390 e. The standard InChI is InChI=1S/C15H28O4Si/c1-9-10-11-12(18-15(5,6)17-11)13(16-10)19-20(7,8)14(2,3)4/h9-13H,1H2,2-8H3/t10-,11-,12-,13?/m0/s1. The van der Waals surface area contributed by atoms with Crippen LogP contribution in [0.25, 0.3) is 0 Å². The van der Waals surface area contributed by atoms with Gasteiger partial charge in [0.25, 0.3) is 0 Å². The Labute approximate surface area is 123 Å². The molecule has 0 saturated carbocycles. The Balaban J connectivity index is 2.16. The Morgan fingerprint density at radius 2 is 1.70 bits per heavy atom. The van der Waals surface area contributed by atoms with E-state index in [1.165, 1.54) is 0 Å². The monoisotopic (exact) mass is 300 g/mol. The lowest BCUT2D eigenvalue weighted by Crippen LogP contribution is -2.47. The van der Waals surface area contributed by atoms with Gasteiger partial charge in [0.15, 0.2) is 20.4 Å². The van der Waals surface area contributed by atoms with E-state index in [1.54, 1.807) is 6.08 Å². The van der Waals surface area contributed by atoms with Gasteiger partial charge in [0, 0.05) is 0 Å². The third kappa shape index (κ3) is 2.87. The molecule has 2 fully saturated rings. The van der Waals surface area contributed by atoms with E-state index >= 15 is 0 Å². The molecule has 0 spiro atoms. The number of fused-ring (bicyclic) bond motifs is 1. The van der Waals surface area contributed by atoms with E-state index in [9.17, 15) is 0 Å². The molecule has 2 aliphatic rings. The molecule has 0 aromatic rings. The molecule has 0 radical (unpaired) electrons. The van der Waals surface area contributed by atoms with Crippen LogP contribution in [0.1, 0.15) is 34.6 Å². The Hall–Kier alpha value is -0.203. The van der Waals surface area contributed by atoms with Gasteiger partial charge in [0.2, 0.25) is 0 Å². The van der Waals surface area contributed by atoms with Crippen LogP contribution < -0.4 is 0 Å². The Kier molecular flexibility index (Phi) is 3.98. The minimum absolute atomic E-state index is 0.128. The van der Waals surface area contributed by atoms with Gasteiger partial charge in [-0.3, -0.25) is 0 Å². The van der Waals surface area contributed by atoms with Crippen molar-refractivity contribution in [2.75, 3.05) is 0 Å². The molecule has 0 aromatic heterocycles. The largest absolute Gasteiger partial charge is 0.390 e. The number of hydrogen-bond acceptors (Lipinski definition) is 4.